The maximum Gasteiger partial charge on any atom is 0.273 e. The molecule has 0 spiro atoms. The molecule has 2 aromatic heterocycles. The van der Waals surface area contributed by atoms with E-state index in [9.17, 15) is 9.59 Å². The Labute approximate surface area is 205 Å². The molecule has 35 heavy (non-hydrogen) atoms. The van der Waals surface area contributed by atoms with Crippen LogP contribution >= 0.6 is 0 Å². The highest BCUT2D eigenvalue weighted by molar-refractivity contribution is 6.00. The minimum absolute atomic E-state index is 0.132. The lowest BCUT2D eigenvalue weighted by molar-refractivity contribution is -0.134. The highest BCUT2D eigenvalue weighted by Crippen LogP contribution is 2.32. The summed E-state index contributed by atoms with van der Waals surface area (Å²) >= 11 is 0. The van der Waals surface area contributed by atoms with Crippen LogP contribution in [0.15, 0.2) is 53.1 Å². The Balaban J connectivity index is 1.48. The van der Waals surface area contributed by atoms with E-state index in [-0.39, 0.29) is 24.4 Å². The molecule has 3 aromatic rings. The fraction of sp³-hybridized carbons (Fsp3) is 0.444. The van der Waals surface area contributed by atoms with E-state index in [1.807, 2.05) is 37.3 Å². The number of fused-ring (bicyclic) bond motifs is 1. The molecular weight excluding hydrogens is 444 g/mol. The predicted octanol–water partition coefficient (Wildman–Crippen LogP) is 4.41. The Bertz CT molecular complexity index is 1180. The molecule has 1 saturated carbocycles. The first kappa shape index (κ1) is 23.2. The third-order valence-electron chi connectivity index (χ3n) is 7.25. The monoisotopic (exact) mass is 476 g/mol. The summed E-state index contributed by atoms with van der Waals surface area (Å²) in [7, 11) is 1.62. The van der Waals surface area contributed by atoms with Gasteiger partial charge >= 0.3 is 0 Å². The van der Waals surface area contributed by atoms with Crippen molar-refractivity contribution in [2.75, 3.05) is 7.11 Å². The van der Waals surface area contributed by atoms with E-state index in [2.05, 4.69) is 10.4 Å². The lowest BCUT2D eigenvalue weighted by atomic mass is 9.93. The number of aromatic nitrogens is 2. The highest BCUT2D eigenvalue weighted by Gasteiger charge is 2.48. The second kappa shape index (κ2) is 9.60. The van der Waals surface area contributed by atoms with Crippen molar-refractivity contribution in [1.82, 2.24) is 20.0 Å². The van der Waals surface area contributed by atoms with Crippen LogP contribution in [-0.4, -0.2) is 45.2 Å². The van der Waals surface area contributed by atoms with E-state index < -0.39 is 5.54 Å². The van der Waals surface area contributed by atoms with Crippen LogP contribution in [0, 0.1) is 0 Å². The van der Waals surface area contributed by atoms with Gasteiger partial charge in [0.15, 0.2) is 5.76 Å². The highest BCUT2D eigenvalue weighted by atomic mass is 16.5. The Hall–Kier alpha value is -3.55. The van der Waals surface area contributed by atoms with E-state index in [0.717, 1.165) is 37.0 Å². The fourth-order valence-electron chi connectivity index (χ4n) is 5.11. The average molecular weight is 477 g/mol. The minimum Gasteiger partial charge on any atom is -0.497 e. The normalized spacial score (nSPS) is 20.9. The molecule has 184 valence electrons. The molecule has 2 amide bonds. The maximum absolute atomic E-state index is 13.8. The molecule has 0 radical (unpaired) electrons. The molecule has 1 N–H and O–H groups in total. The molecule has 5 rings (SSSR count). The maximum atomic E-state index is 13.8. The van der Waals surface area contributed by atoms with Crippen LogP contribution in [-0.2, 0) is 17.9 Å². The van der Waals surface area contributed by atoms with Gasteiger partial charge in [-0.2, -0.15) is 5.10 Å². The van der Waals surface area contributed by atoms with Gasteiger partial charge in [0.2, 0.25) is 5.91 Å². The number of rotatable bonds is 6. The topological polar surface area (TPSA) is 89.6 Å². The summed E-state index contributed by atoms with van der Waals surface area (Å²) in [6, 6.07) is 13.1. The van der Waals surface area contributed by atoms with E-state index in [4.69, 9.17) is 9.15 Å². The summed E-state index contributed by atoms with van der Waals surface area (Å²) in [6.45, 7) is 2.42. The number of hydrogen-bond donors (Lipinski definition) is 1. The first-order valence-corrected chi connectivity index (χ1v) is 12.4. The number of ether oxygens (including phenoxy) is 1. The first-order chi connectivity index (χ1) is 17.0. The van der Waals surface area contributed by atoms with E-state index in [0.29, 0.717) is 23.7 Å². The van der Waals surface area contributed by atoms with Gasteiger partial charge in [-0.05, 0) is 49.6 Å². The molecule has 1 aromatic carbocycles. The molecular formula is C27H32N4O4. The van der Waals surface area contributed by atoms with Gasteiger partial charge < -0.3 is 19.4 Å². The molecule has 1 fully saturated rings. The number of methoxy groups -OCH3 is 1. The number of amides is 2. The quantitative estimate of drug-likeness (QED) is 0.533. The van der Waals surface area contributed by atoms with Gasteiger partial charge in [0.25, 0.3) is 5.91 Å². The lowest BCUT2D eigenvalue weighted by Gasteiger charge is -2.44. The summed E-state index contributed by atoms with van der Waals surface area (Å²) in [5.74, 6) is 0.975. The van der Waals surface area contributed by atoms with Gasteiger partial charge in [0.1, 0.15) is 22.7 Å². The van der Waals surface area contributed by atoms with Gasteiger partial charge in [-0.1, -0.05) is 37.8 Å². The van der Waals surface area contributed by atoms with Gasteiger partial charge in [-0.15, -0.1) is 0 Å². The van der Waals surface area contributed by atoms with Crippen LogP contribution in [0.1, 0.15) is 61.5 Å². The van der Waals surface area contributed by atoms with Crippen LogP contribution in [0.2, 0.25) is 0 Å². The van der Waals surface area contributed by atoms with Crippen molar-refractivity contribution in [2.45, 2.75) is 70.1 Å². The molecule has 1 aliphatic heterocycles. The van der Waals surface area contributed by atoms with Gasteiger partial charge in [-0.25, -0.2) is 0 Å². The van der Waals surface area contributed by atoms with Gasteiger partial charge in [0.05, 0.1) is 19.9 Å². The molecule has 0 saturated heterocycles. The minimum atomic E-state index is -1.09. The first-order valence-electron chi connectivity index (χ1n) is 12.4. The zero-order chi connectivity index (χ0) is 24.4. The summed E-state index contributed by atoms with van der Waals surface area (Å²) in [5.41, 5.74) is 0.857. The Morgan fingerprint density at radius 3 is 2.57 bits per heavy atom. The molecule has 2 aliphatic rings. The molecule has 1 aliphatic carbocycles. The van der Waals surface area contributed by atoms with Crippen molar-refractivity contribution in [3.8, 4) is 17.2 Å². The van der Waals surface area contributed by atoms with Crippen molar-refractivity contribution < 1.29 is 18.7 Å². The number of hydrogen-bond acceptors (Lipinski definition) is 5. The Morgan fingerprint density at radius 2 is 1.91 bits per heavy atom. The second-order valence-corrected chi connectivity index (χ2v) is 9.72. The van der Waals surface area contributed by atoms with Crippen molar-refractivity contribution in [3.63, 3.8) is 0 Å². The molecule has 0 bridgehead atoms. The molecule has 1 atom stereocenters. The number of nitrogens with zero attached hydrogens (tertiary/aromatic N) is 3. The van der Waals surface area contributed by atoms with Crippen molar-refractivity contribution in [3.05, 3.63) is 60.0 Å². The third-order valence-corrected chi connectivity index (χ3v) is 7.25. The number of carbonyl (C=O) groups is 2. The Kier molecular flexibility index (Phi) is 6.36. The van der Waals surface area contributed by atoms with Gasteiger partial charge in [0, 0.05) is 18.7 Å². The molecule has 8 heteroatoms. The summed E-state index contributed by atoms with van der Waals surface area (Å²) in [5, 5.41) is 7.90. The van der Waals surface area contributed by atoms with E-state index in [1.165, 1.54) is 12.8 Å². The fourth-order valence-corrected chi connectivity index (χ4v) is 5.11. The molecule has 1 unspecified atom stereocenters. The summed E-state index contributed by atoms with van der Waals surface area (Å²) < 4.78 is 12.4. The lowest BCUT2D eigenvalue weighted by Crippen LogP contribution is -2.64. The van der Waals surface area contributed by atoms with Crippen molar-refractivity contribution in [1.29, 1.82) is 0 Å². The number of carbonyl (C=O) groups excluding carboxylic acids is 2. The summed E-state index contributed by atoms with van der Waals surface area (Å²) in [6.07, 6.45) is 8.18. The zero-order valence-corrected chi connectivity index (χ0v) is 20.3. The molecule has 3 heterocycles. The number of benzene rings is 1. The van der Waals surface area contributed by atoms with Crippen LogP contribution in [0.3, 0.4) is 0 Å². The SMILES string of the molecule is COc1ccc(CN2C(=O)c3cc(-c4ccco4)nn3CC2(C)C(=O)NC2CCCCCC2)cc1. The van der Waals surface area contributed by atoms with E-state index in [1.54, 1.807) is 35.1 Å². The van der Waals surface area contributed by atoms with Crippen LogP contribution in [0.5, 0.6) is 5.75 Å². The largest absolute Gasteiger partial charge is 0.497 e. The third kappa shape index (κ3) is 4.57. The predicted molar refractivity (Wildman–Crippen MR) is 131 cm³/mol. The number of nitrogens with one attached hydrogen (secondary N) is 1. The zero-order valence-electron chi connectivity index (χ0n) is 20.3. The van der Waals surface area contributed by atoms with Crippen LogP contribution in [0.25, 0.3) is 11.5 Å². The smallest absolute Gasteiger partial charge is 0.273 e. The van der Waals surface area contributed by atoms with Crippen molar-refractivity contribution >= 4 is 11.8 Å². The average Bonchev–Trinajstić information content (AvgIpc) is 3.47. The van der Waals surface area contributed by atoms with Crippen LogP contribution < -0.4 is 10.1 Å². The van der Waals surface area contributed by atoms with Crippen LogP contribution in [0.4, 0.5) is 0 Å². The Morgan fingerprint density at radius 1 is 1.17 bits per heavy atom. The van der Waals surface area contributed by atoms with E-state index >= 15 is 0 Å². The molecule has 8 nitrogen and oxygen atoms in total. The van der Waals surface area contributed by atoms with Crippen molar-refractivity contribution in [2.24, 2.45) is 0 Å². The second-order valence-electron chi connectivity index (χ2n) is 9.72. The van der Waals surface area contributed by atoms with Gasteiger partial charge in [-0.3, -0.25) is 14.3 Å². The summed E-state index contributed by atoms with van der Waals surface area (Å²) in [4.78, 5) is 29.3. The number of furan rings is 1. The standard InChI is InChI=1S/C27H32N4O4/c1-27(26(33)28-20-8-5-3-4-6-9-20)18-31-23(16-22(29-31)24-10-7-15-35-24)25(32)30(27)17-19-11-13-21(34-2)14-12-19/h7,10-16,20H,3-6,8-9,17-18H2,1-2H3,(H,28,33).